The quantitative estimate of drug-likeness (QED) is 0.130. The SMILES string of the molecule is COc1ccc2sc(CCc3c(CCc4ccc(Cl)cc4)c4cc(C(=O)NCC5CCCCC5)ccc4n3CCc3nn[nH]n3)nc2c1. The van der Waals surface area contributed by atoms with Crippen LogP contribution in [0, 0.1) is 5.92 Å². The number of nitrogens with one attached hydrogen (secondary N) is 2. The van der Waals surface area contributed by atoms with Gasteiger partial charge in [-0.1, -0.05) is 48.2 Å². The van der Waals surface area contributed by atoms with E-state index in [2.05, 4.69) is 60.8 Å². The van der Waals surface area contributed by atoms with Gasteiger partial charge in [0.05, 0.1) is 22.3 Å². The highest BCUT2D eigenvalue weighted by Crippen LogP contribution is 2.32. The number of amides is 1. The van der Waals surface area contributed by atoms with E-state index in [1.54, 1.807) is 18.4 Å². The van der Waals surface area contributed by atoms with Gasteiger partial charge in [-0.2, -0.15) is 5.21 Å². The summed E-state index contributed by atoms with van der Waals surface area (Å²) in [6.07, 6.45) is 10.1. The van der Waals surface area contributed by atoms with Crippen LogP contribution in [0.25, 0.3) is 21.1 Å². The molecule has 9 nitrogen and oxygen atoms in total. The Kier molecular flexibility index (Phi) is 10.00. The number of halogens is 1. The second-order valence-corrected chi connectivity index (χ2v) is 14.2. The van der Waals surface area contributed by atoms with Crippen molar-refractivity contribution in [3.8, 4) is 5.75 Å². The number of hydrogen-bond donors (Lipinski definition) is 2. The zero-order chi connectivity index (χ0) is 32.9. The minimum atomic E-state index is -0.00266. The number of nitrogens with zero attached hydrogens (tertiary/aromatic N) is 5. The molecule has 3 aromatic heterocycles. The van der Waals surface area contributed by atoms with E-state index in [0.29, 0.717) is 30.3 Å². The molecule has 0 unspecified atom stereocenters. The van der Waals surface area contributed by atoms with Crippen molar-refractivity contribution < 1.29 is 9.53 Å². The van der Waals surface area contributed by atoms with Crippen LogP contribution >= 0.6 is 22.9 Å². The van der Waals surface area contributed by atoms with Gasteiger partial charge >= 0.3 is 0 Å². The maximum Gasteiger partial charge on any atom is 0.251 e. The number of rotatable bonds is 13. The summed E-state index contributed by atoms with van der Waals surface area (Å²) in [6, 6.07) is 20.3. The molecule has 1 aliphatic rings. The molecule has 3 aromatic carbocycles. The van der Waals surface area contributed by atoms with Crippen LogP contribution in [0.1, 0.15) is 70.1 Å². The molecule has 1 saturated carbocycles. The lowest BCUT2D eigenvalue weighted by Gasteiger charge is -2.21. The van der Waals surface area contributed by atoms with Crippen molar-refractivity contribution in [1.82, 2.24) is 35.5 Å². The van der Waals surface area contributed by atoms with Crippen LogP contribution in [0.15, 0.2) is 60.7 Å². The summed E-state index contributed by atoms with van der Waals surface area (Å²) in [7, 11) is 1.68. The number of H-pyrrole nitrogens is 1. The Bertz CT molecular complexity index is 2000. The van der Waals surface area contributed by atoms with Gasteiger partial charge in [-0.3, -0.25) is 4.79 Å². The van der Waals surface area contributed by atoms with E-state index < -0.39 is 0 Å². The average Bonchev–Trinajstić information content (AvgIpc) is 3.86. The van der Waals surface area contributed by atoms with Gasteiger partial charge in [-0.15, -0.1) is 21.5 Å². The van der Waals surface area contributed by atoms with Crippen molar-refractivity contribution in [3.63, 3.8) is 0 Å². The number of hydrogen-bond acceptors (Lipinski definition) is 7. The first-order chi connectivity index (χ1) is 23.5. The van der Waals surface area contributed by atoms with Gasteiger partial charge in [0.2, 0.25) is 0 Å². The normalized spacial score (nSPS) is 13.8. The summed E-state index contributed by atoms with van der Waals surface area (Å²) in [4.78, 5) is 18.5. The molecule has 48 heavy (non-hydrogen) atoms. The summed E-state index contributed by atoms with van der Waals surface area (Å²) in [5.41, 5.74) is 6.50. The first-order valence-corrected chi connectivity index (χ1v) is 18.1. The second-order valence-electron chi connectivity index (χ2n) is 12.7. The molecule has 6 aromatic rings. The number of carbonyl (C=O) groups excluding carboxylic acids is 1. The molecule has 0 aliphatic heterocycles. The number of thiazole rings is 1. The standard InChI is InChI=1S/C37H40ClN7O2S/c1-47-28-13-17-34-31(22-28)40-36(48-34)18-16-32-29(14-9-24-7-11-27(38)12-8-24)30-21-26(37(46)39-23-25-5-3-2-4-6-25)10-15-33(30)45(32)20-19-35-41-43-44-42-35/h7-8,10-13,15,17,21-22,25H,2-6,9,14,16,18-20,23H2,1H3,(H,39,46)(H,41,42,43,44). The summed E-state index contributed by atoms with van der Waals surface area (Å²) >= 11 is 7.94. The predicted molar refractivity (Wildman–Crippen MR) is 191 cm³/mol. The van der Waals surface area contributed by atoms with Crippen molar-refractivity contribution in [2.24, 2.45) is 5.92 Å². The number of aryl methyl sites for hydroxylation is 5. The summed E-state index contributed by atoms with van der Waals surface area (Å²) in [5, 5.41) is 21.0. The Labute approximate surface area is 289 Å². The van der Waals surface area contributed by atoms with Crippen molar-refractivity contribution >= 4 is 50.0 Å². The van der Waals surface area contributed by atoms with E-state index in [0.717, 1.165) is 69.1 Å². The smallest absolute Gasteiger partial charge is 0.251 e. The molecule has 3 heterocycles. The number of fused-ring (bicyclic) bond motifs is 2. The number of benzene rings is 3. The fourth-order valence-electron chi connectivity index (χ4n) is 7.00. The fraction of sp³-hybridized carbons (Fsp3) is 0.378. The van der Waals surface area contributed by atoms with E-state index in [9.17, 15) is 4.79 Å². The van der Waals surface area contributed by atoms with Crippen LogP contribution in [0.5, 0.6) is 5.75 Å². The van der Waals surface area contributed by atoms with Crippen molar-refractivity contribution in [1.29, 1.82) is 0 Å². The zero-order valence-corrected chi connectivity index (χ0v) is 28.7. The van der Waals surface area contributed by atoms with Gasteiger partial charge in [0.25, 0.3) is 5.91 Å². The van der Waals surface area contributed by atoms with Crippen molar-refractivity contribution in [2.75, 3.05) is 13.7 Å². The molecule has 0 bridgehead atoms. The number of methoxy groups -OCH3 is 1. The fourth-order valence-corrected chi connectivity index (χ4v) is 8.08. The summed E-state index contributed by atoms with van der Waals surface area (Å²) in [5.74, 6) is 2.05. The number of aromatic amines is 1. The molecule has 0 atom stereocenters. The second kappa shape index (κ2) is 14.9. The van der Waals surface area contributed by atoms with Crippen LogP contribution in [-0.4, -0.2) is 49.7 Å². The third-order valence-corrected chi connectivity index (χ3v) is 10.9. The van der Waals surface area contributed by atoms with E-state index >= 15 is 0 Å². The predicted octanol–water partition coefficient (Wildman–Crippen LogP) is 7.55. The average molecular weight is 682 g/mol. The Balaban J connectivity index is 1.24. The van der Waals surface area contributed by atoms with Gasteiger partial charge in [0.15, 0.2) is 5.82 Å². The first kappa shape index (κ1) is 32.3. The van der Waals surface area contributed by atoms with Gasteiger partial charge in [-0.25, -0.2) is 4.98 Å². The van der Waals surface area contributed by atoms with Gasteiger partial charge in [-0.05, 0) is 91.6 Å². The van der Waals surface area contributed by atoms with Crippen LogP contribution in [0.4, 0.5) is 0 Å². The summed E-state index contributed by atoms with van der Waals surface area (Å²) in [6.45, 7) is 1.43. The number of carbonyl (C=O) groups is 1. The van der Waals surface area contributed by atoms with Crippen LogP contribution in [0.2, 0.25) is 5.02 Å². The van der Waals surface area contributed by atoms with E-state index in [1.807, 2.05) is 30.3 Å². The highest BCUT2D eigenvalue weighted by Gasteiger charge is 2.21. The maximum atomic E-state index is 13.5. The monoisotopic (exact) mass is 681 g/mol. The Morgan fingerprint density at radius 3 is 2.65 bits per heavy atom. The molecule has 11 heteroatoms. The third-order valence-electron chi connectivity index (χ3n) is 9.56. The first-order valence-electron chi connectivity index (χ1n) is 16.9. The van der Waals surface area contributed by atoms with E-state index in [4.69, 9.17) is 21.3 Å². The summed E-state index contributed by atoms with van der Waals surface area (Å²) < 4.78 is 8.97. The Morgan fingerprint density at radius 1 is 1.00 bits per heavy atom. The molecule has 7 rings (SSSR count). The van der Waals surface area contributed by atoms with E-state index in [-0.39, 0.29) is 5.91 Å². The molecule has 0 radical (unpaired) electrons. The Morgan fingerprint density at radius 2 is 1.85 bits per heavy atom. The molecule has 1 fully saturated rings. The van der Waals surface area contributed by atoms with Crippen molar-refractivity contribution in [2.45, 2.75) is 70.8 Å². The van der Waals surface area contributed by atoms with Crippen LogP contribution in [0.3, 0.4) is 0 Å². The molecular weight excluding hydrogens is 642 g/mol. The number of ether oxygens (including phenoxy) is 1. The van der Waals surface area contributed by atoms with Crippen LogP contribution < -0.4 is 10.1 Å². The molecule has 0 spiro atoms. The topological polar surface area (TPSA) is 111 Å². The largest absolute Gasteiger partial charge is 0.497 e. The lowest BCUT2D eigenvalue weighted by Crippen LogP contribution is -2.30. The third kappa shape index (κ3) is 7.39. The number of tetrazole rings is 1. The molecule has 0 saturated heterocycles. The highest BCUT2D eigenvalue weighted by molar-refractivity contribution is 7.18. The molecular formula is C37H40ClN7O2S. The molecule has 248 valence electrons. The Hall–Kier alpha value is -4.28. The molecule has 1 aliphatic carbocycles. The van der Waals surface area contributed by atoms with Gasteiger partial charge < -0.3 is 14.6 Å². The lowest BCUT2D eigenvalue weighted by atomic mass is 9.89. The van der Waals surface area contributed by atoms with Crippen molar-refractivity contribution in [3.05, 3.63) is 98.9 Å². The minimum absolute atomic E-state index is 0.00266. The van der Waals surface area contributed by atoms with Gasteiger partial charge in [0, 0.05) is 59.2 Å². The number of aromatic nitrogens is 6. The van der Waals surface area contributed by atoms with E-state index in [1.165, 1.54) is 48.9 Å². The van der Waals surface area contributed by atoms with Crippen LogP contribution in [-0.2, 0) is 38.6 Å². The highest BCUT2D eigenvalue weighted by atomic mass is 35.5. The molecule has 1 amide bonds. The molecule has 2 N–H and O–H groups in total. The minimum Gasteiger partial charge on any atom is -0.497 e. The van der Waals surface area contributed by atoms with Gasteiger partial charge in [0.1, 0.15) is 5.75 Å². The zero-order valence-electron chi connectivity index (χ0n) is 27.2. The lowest BCUT2D eigenvalue weighted by molar-refractivity contribution is 0.0943. The maximum absolute atomic E-state index is 13.5.